The maximum atomic E-state index is 13.4. The first-order valence-corrected chi connectivity index (χ1v) is 9.93. The average molecular weight is 419 g/mol. The van der Waals surface area contributed by atoms with Crippen molar-refractivity contribution in [1.82, 2.24) is 19.7 Å². The average Bonchev–Trinajstić information content (AvgIpc) is 3.39. The molecule has 1 N–H and O–H groups in total. The number of nitrogens with one attached hydrogen (secondary N) is 1. The van der Waals surface area contributed by atoms with Crippen LogP contribution in [0.5, 0.6) is 0 Å². The van der Waals surface area contributed by atoms with Crippen molar-refractivity contribution in [1.29, 1.82) is 0 Å². The Morgan fingerprint density at radius 2 is 1.97 bits per heavy atom. The third-order valence-corrected chi connectivity index (χ3v) is 4.96. The molecule has 0 fully saturated rings. The van der Waals surface area contributed by atoms with Gasteiger partial charge in [-0.2, -0.15) is 4.98 Å². The number of aromatic nitrogens is 4. The lowest BCUT2D eigenvalue weighted by Crippen LogP contribution is -2.12. The van der Waals surface area contributed by atoms with E-state index in [9.17, 15) is 9.18 Å². The lowest BCUT2D eigenvalue weighted by Gasteiger charge is -2.08. The zero-order valence-electron chi connectivity index (χ0n) is 17.3. The standard InChI is InChI=1S/C23H22FN5O2/c1-15-13-18(5-8-20(15)24)23-27-22(31-28-23)10-9-21(30)26-19-6-3-17(4-7-19)14-29-12-11-25-16(29)2/h3-8,11-13H,9-10,14H2,1-2H3,(H,26,30). The zero-order valence-corrected chi connectivity index (χ0v) is 17.3. The number of carbonyl (C=O) groups excluding carboxylic acids is 1. The van der Waals surface area contributed by atoms with Crippen molar-refractivity contribution in [3.8, 4) is 11.4 Å². The number of benzene rings is 2. The van der Waals surface area contributed by atoms with Crippen LogP contribution in [-0.4, -0.2) is 25.6 Å². The van der Waals surface area contributed by atoms with Crippen LogP contribution in [0.15, 0.2) is 59.4 Å². The maximum absolute atomic E-state index is 13.4. The number of carbonyl (C=O) groups is 1. The van der Waals surface area contributed by atoms with Crippen molar-refractivity contribution in [2.24, 2.45) is 0 Å². The Labute approximate surface area is 178 Å². The first-order valence-electron chi connectivity index (χ1n) is 9.93. The van der Waals surface area contributed by atoms with Crippen LogP contribution in [0, 0.1) is 19.7 Å². The summed E-state index contributed by atoms with van der Waals surface area (Å²) in [5, 5.41) is 6.79. The topological polar surface area (TPSA) is 85.8 Å². The van der Waals surface area contributed by atoms with E-state index < -0.39 is 0 Å². The predicted octanol–water partition coefficient (Wildman–Crippen LogP) is 4.31. The molecule has 1 amide bonds. The minimum absolute atomic E-state index is 0.143. The fourth-order valence-electron chi connectivity index (χ4n) is 3.16. The quantitative estimate of drug-likeness (QED) is 0.482. The number of halogens is 1. The van der Waals surface area contributed by atoms with Crippen molar-refractivity contribution in [3.63, 3.8) is 0 Å². The highest BCUT2D eigenvalue weighted by Gasteiger charge is 2.12. The summed E-state index contributed by atoms with van der Waals surface area (Å²) in [6, 6.07) is 12.3. The Hall–Kier alpha value is -3.81. The SMILES string of the molecule is Cc1cc(-c2noc(CCC(=O)Nc3ccc(Cn4ccnc4C)cc3)n2)ccc1F. The van der Waals surface area contributed by atoms with Crippen molar-refractivity contribution < 1.29 is 13.7 Å². The Morgan fingerprint density at radius 1 is 1.16 bits per heavy atom. The van der Waals surface area contributed by atoms with Crippen LogP contribution in [0.4, 0.5) is 10.1 Å². The van der Waals surface area contributed by atoms with Crippen LogP contribution >= 0.6 is 0 Å². The number of amides is 1. The van der Waals surface area contributed by atoms with E-state index in [1.165, 1.54) is 6.07 Å². The van der Waals surface area contributed by atoms with Crippen molar-refractivity contribution >= 4 is 11.6 Å². The molecule has 0 unspecified atom stereocenters. The van der Waals surface area contributed by atoms with Crippen molar-refractivity contribution in [3.05, 3.63) is 83.5 Å². The van der Waals surface area contributed by atoms with Gasteiger partial charge in [-0.05, 0) is 55.3 Å². The van der Waals surface area contributed by atoms with E-state index in [1.54, 1.807) is 25.3 Å². The molecule has 4 rings (SSSR count). The molecule has 7 nitrogen and oxygen atoms in total. The molecule has 2 aromatic heterocycles. The fraction of sp³-hybridized carbons (Fsp3) is 0.217. The molecule has 158 valence electrons. The normalized spacial score (nSPS) is 10.9. The molecular weight excluding hydrogens is 397 g/mol. The van der Waals surface area contributed by atoms with Crippen LogP contribution in [0.3, 0.4) is 0 Å². The summed E-state index contributed by atoms with van der Waals surface area (Å²) >= 11 is 0. The van der Waals surface area contributed by atoms with E-state index in [0.717, 1.165) is 23.6 Å². The van der Waals surface area contributed by atoms with E-state index in [0.29, 0.717) is 29.3 Å². The third-order valence-electron chi connectivity index (χ3n) is 4.96. The second-order valence-electron chi connectivity index (χ2n) is 7.32. The predicted molar refractivity (Wildman–Crippen MR) is 114 cm³/mol. The summed E-state index contributed by atoms with van der Waals surface area (Å²) in [6.45, 7) is 4.37. The van der Waals surface area contributed by atoms with Gasteiger partial charge in [-0.15, -0.1) is 0 Å². The van der Waals surface area contributed by atoms with Gasteiger partial charge in [-0.1, -0.05) is 17.3 Å². The summed E-state index contributed by atoms with van der Waals surface area (Å²) < 4.78 is 20.7. The maximum Gasteiger partial charge on any atom is 0.227 e. The number of aryl methyl sites for hydroxylation is 3. The van der Waals surface area contributed by atoms with Gasteiger partial charge in [0.25, 0.3) is 0 Å². The van der Waals surface area contributed by atoms with E-state index in [1.807, 2.05) is 37.4 Å². The molecule has 0 spiro atoms. The third kappa shape index (κ3) is 5.03. The van der Waals surface area contributed by atoms with E-state index in [4.69, 9.17) is 4.52 Å². The monoisotopic (exact) mass is 419 g/mol. The molecule has 4 aromatic rings. The van der Waals surface area contributed by atoms with E-state index >= 15 is 0 Å². The molecule has 2 aromatic carbocycles. The molecule has 8 heteroatoms. The first-order chi connectivity index (χ1) is 15.0. The summed E-state index contributed by atoms with van der Waals surface area (Å²) in [4.78, 5) is 20.8. The van der Waals surface area contributed by atoms with Crippen LogP contribution in [0.2, 0.25) is 0 Å². The molecular formula is C23H22FN5O2. The largest absolute Gasteiger partial charge is 0.339 e. The molecule has 0 atom stereocenters. The Kier molecular flexibility index (Phi) is 5.88. The van der Waals surface area contributed by atoms with Gasteiger partial charge in [0, 0.05) is 43.0 Å². The minimum Gasteiger partial charge on any atom is -0.339 e. The molecule has 0 bridgehead atoms. The van der Waals surface area contributed by atoms with Crippen molar-refractivity contribution in [2.75, 3.05) is 5.32 Å². The molecule has 0 aliphatic carbocycles. The molecule has 0 aliphatic heterocycles. The van der Waals surface area contributed by atoms with Crippen LogP contribution < -0.4 is 5.32 Å². The summed E-state index contributed by atoms with van der Waals surface area (Å²) in [6.07, 6.45) is 4.24. The minimum atomic E-state index is -0.283. The van der Waals surface area contributed by atoms with Crippen molar-refractivity contribution in [2.45, 2.75) is 33.2 Å². The van der Waals surface area contributed by atoms with Gasteiger partial charge in [0.15, 0.2) is 0 Å². The van der Waals surface area contributed by atoms with E-state index in [-0.39, 0.29) is 18.1 Å². The van der Waals surface area contributed by atoms with E-state index in [2.05, 4.69) is 25.0 Å². The highest BCUT2D eigenvalue weighted by molar-refractivity contribution is 5.90. The molecule has 31 heavy (non-hydrogen) atoms. The van der Waals surface area contributed by atoms with Gasteiger partial charge >= 0.3 is 0 Å². The summed E-state index contributed by atoms with van der Waals surface area (Å²) in [7, 11) is 0. The van der Waals surface area contributed by atoms with Gasteiger partial charge in [0.1, 0.15) is 11.6 Å². The Balaban J connectivity index is 1.30. The second-order valence-corrected chi connectivity index (χ2v) is 7.32. The Bertz CT molecular complexity index is 1200. The molecule has 0 radical (unpaired) electrons. The molecule has 2 heterocycles. The fourth-order valence-corrected chi connectivity index (χ4v) is 3.16. The second kappa shape index (κ2) is 8.91. The van der Waals surface area contributed by atoms with Crippen LogP contribution in [0.1, 0.15) is 29.3 Å². The highest BCUT2D eigenvalue weighted by Crippen LogP contribution is 2.19. The zero-order chi connectivity index (χ0) is 21.8. The number of nitrogens with zero attached hydrogens (tertiary/aromatic N) is 4. The smallest absolute Gasteiger partial charge is 0.227 e. The van der Waals surface area contributed by atoms with Gasteiger partial charge in [-0.25, -0.2) is 9.37 Å². The number of anilines is 1. The lowest BCUT2D eigenvalue weighted by molar-refractivity contribution is -0.116. The van der Waals surface area contributed by atoms with Gasteiger partial charge in [-0.3, -0.25) is 4.79 Å². The summed E-state index contributed by atoms with van der Waals surface area (Å²) in [5.41, 5.74) is 3.02. The van der Waals surface area contributed by atoms with Crippen LogP contribution in [0.25, 0.3) is 11.4 Å². The van der Waals surface area contributed by atoms with Gasteiger partial charge in [0.2, 0.25) is 17.6 Å². The summed E-state index contributed by atoms with van der Waals surface area (Å²) in [5.74, 6) is 1.26. The highest BCUT2D eigenvalue weighted by atomic mass is 19.1. The number of hydrogen-bond donors (Lipinski definition) is 1. The molecule has 0 aliphatic rings. The number of imidazole rings is 1. The lowest BCUT2D eigenvalue weighted by atomic mass is 10.1. The Morgan fingerprint density at radius 3 is 2.68 bits per heavy atom. The molecule has 0 saturated heterocycles. The first kappa shape index (κ1) is 20.5. The van der Waals surface area contributed by atoms with Gasteiger partial charge < -0.3 is 14.4 Å². The molecule has 0 saturated carbocycles. The number of hydrogen-bond acceptors (Lipinski definition) is 5. The van der Waals surface area contributed by atoms with Crippen LogP contribution in [-0.2, 0) is 17.8 Å². The van der Waals surface area contributed by atoms with Gasteiger partial charge in [0.05, 0.1) is 0 Å². The number of rotatable bonds is 7.